The Bertz CT molecular complexity index is 895. The Morgan fingerprint density at radius 2 is 1.71 bits per heavy atom. The number of halogens is 1. The third kappa shape index (κ3) is 5.81. The van der Waals surface area contributed by atoms with Crippen molar-refractivity contribution in [3.8, 4) is 5.75 Å². The molecule has 0 radical (unpaired) electrons. The lowest BCUT2D eigenvalue weighted by molar-refractivity contribution is -0.115. The van der Waals surface area contributed by atoms with Gasteiger partial charge in [0, 0.05) is 6.54 Å². The summed E-state index contributed by atoms with van der Waals surface area (Å²) in [5, 5.41) is 6.05. The largest absolute Gasteiger partial charge is 0.497 e. The van der Waals surface area contributed by atoms with E-state index in [-0.39, 0.29) is 18.1 Å². The number of ether oxygens (including phenoxy) is 1. The highest BCUT2D eigenvalue weighted by Crippen LogP contribution is 2.13. The van der Waals surface area contributed by atoms with Crippen molar-refractivity contribution >= 4 is 17.4 Å². The summed E-state index contributed by atoms with van der Waals surface area (Å²) < 4.78 is 18.1. The zero-order chi connectivity index (χ0) is 19.8. The monoisotopic (exact) mass is 379 g/mol. The maximum absolute atomic E-state index is 12.9. The summed E-state index contributed by atoms with van der Waals surface area (Å²) in [5.74, 6) is 0.811. The van der Waals surface area contributed by atoms with Gasteiger partial charge in [-0.3, -0.25) is 4.79 Å². The van der Waals surface area contributed by atoms with Crippen LogP contribution in [0.1, 0.15) is 11.1 Å². The number of amides is 1. The lowest BCUT2D eigenvalue weighted by Crippen LogP contribution is -2.15. The highest BCUT2D eigenvalue weighted by Gasteiger charge is 2.05. The Morgan fingerprint density at radius 1 is 1.00 bits per heavy atom. The van der Waals surface area contributed by atoms with E-state index < -0.39 is 0 Å². The van der Waals surface area contributed by atoms with Gasteiger partial charge in [-0.05, 0) is 53.9 Å². The molecule has 144 valence electrons. The number of pyridine rings is 1. The van der Waals surface area contributed by atoms with Gasteiger partial charge < -0.3 is 15.4 Å². The van der Waals surface area contributed by atoms with Crippen molar-refractivity contribution in [2.45, 2.75) is 12.8 Å². The molecule has 28 heavy (non-hydrogen) atoms. The number of benzene rings is 2. The van der Waals surface area contributed by atoms with Gasteiger partial charge >= 0.3 is 0 Å². The van der Waals surface area contributed by atoms with E-state index in [9.17, 15) is 9.18 Å². The molecule has 0 spiro atoms. The van der Waals surface area contributed by atoms with Crippen molar-refractivity contribution in [2.75, 3.05) is 24.3 Å². The third-order valence-electron chi connectivity index (χ3n) is 4.21. The predicted octanol–water partition coefficient (Wildman–Crippen LogP) is 4.07. The van der Waals surface area contributed by atoms with Crippen LogP contribution in [-0.2, 0) is 17.6 Å². The molecule has 0 fully saturated rings. The first-order valence-corrected chi connectivity index (χ1v) is 8.99. The van der Waals surface area contributed by atoms with Crippen LogP contribution in [0, 0.1) is 5.82 Å². The normalized spacial score (nSPS) is 10.4. The quantitative estimate of drug-likeness (QED) is 0.619. The molecule has 1 aromatic heterocycles. The first-order chi connectivity index (χ1) is 13.6. The minimum absolute atomic E-state index is 0.170. The Kier molecular flexibility index (Phi) is 6.57. The molecule has 0 bridgehead atoms. The Hall–Kier alpha value is -3.41. The van der Waals surface area contributed by atoms with Crippen LogP contribution in [-0.4, -0.2) is 24.5 Å². The first kappa shape index (κ1) is 19.4. The maximum atomic E-state index is 12.9. The summed E-state index contributed by atoms with van der Waals surface area (Å²) in [7, 11) is 1.65. The number of carbonyl (C=O) groups is 1. The van der Waals surface area contributed by atoms with Gasteiger partial charge in [0.1, 0.15) is 17.4 Å². The van der Waals surface area contributed by atoms with Crippen LogP contribution in [0.25, 0.3) is 0 Å². The molecule has 0 saturated carbocycles. The number of carbonyl (C=O) groups excluding carboxylic acids is 1. The summed E-state index contributed by atoms with van der Waals surface area (Å²) in [6, 6.07) is 17.5. The number of methoxy groups -OCH3 is 1. The van der Waals surface area contributed by atoms with E-state index in [2.05, 4.69) is 15.6 Å². The van der Waals surface area contributed by atoms with Crippen LogP contribution in [0.2, 0.25) is 0 Å². The molecular formula is C22H22FN3O2. The lowest BCUT2D eigenvalue weighted by Gasteiger charge is -2.09. The van der Waals surface area contributed by atoms with Crippen molar-refractivity contribution in [3.63, 3.8) is 0 Å². The van der Waals surface area contributed by atoms with Crippen molar-refractivity contribution in [1.82, 2.24) is 4.98 Å². The molecule has 3 aromatic rings. The molecular weight excluding hydrogens is 357 g/mol. The molecule has 0 aliphatic carbocycles. The molecule has 2 N–H and O–H groups in total. The topological polar surface area (TPSA) is 63.2 Å². The van der Waals surface area contributed by atoms with E-state index in [1.54, 1.807) is 31.5 Å². The van der Waals surface area contributed by atoms with Gasteiger partial charge in [0.05, 0.1) is 25.4 Å². The fourth-order valence-corrected chi connectivity index (χ4v) is 2.69. The highest BCUT2D eigenvalue weighted by atomic mass is 19.1. The Morgan fingerprint density at radius 3 is 2.36 bits per heavy atom. The van der Waals surface area contributed by atoms with Gasteiger partial charge in [-0.15, -0.1) is 0 Å². The number of hydrogen-bond donors (Lipinski definition) is 2. The third-order valence-corrected chi connectivity index (χ3v) is 4.21. The van der Waals surface area contributed by atoms with Crippen LogP contribution in [0.4, 0.5) is 15.9 Å². The number of hydrogen-bond acceptors (Lipinski definition) is 4. The molecule has 6 heteroatoms. The van der Waals surface area contributed by atoms with Gasteiger partial charge in [0.25, 0.3) is 0 Å². The molecule has 0 aliphatic heterocycles. The molecule has 3 rings (SSSR count). The van der Waals surface area contributed by atoms with E-state index in [0.717, 1.165) is 30.0 Å². The van der Waals surface area contributed by atoms with Gasteiger partial charge in [-0.1, -0.05) is 24.3 Å². The predicted molar refractivity (Wildman–Crippen MR) is 108 cm³/mol. The molecule has 0 atom stereocenters. The summed E-state index contributed by atoms with van der Waals surface area (Å²) in [6.07, 6.45) is 2.73. The summed E-state index contributed by atoms with van der Waals surface area (Å²) in [5.41, 5.74) is 2.84. The molecule has 1 amide bonds. The second-order valence-corrected chi connectivity index (χ2v) is 6.31. The van der Waals surface area contributed by atoms with E-state index in [1.807, 2.05) is 30.3 Å². The van der Waals surface area contributed by atoms with E-state index in [0.29, 0.717) is 5.82 Å². The van der Waals surface area contributed by atoms with E-state index >= 15 is 0 Å². The number of aromatic nitrogens is 1. The van der Waals surface area contributed by atoms with Crippen molar-refractivity contribution in [2.24, 2.45) is 0 Å². The second-order valence-electron chi connectivity index (χ2n) is 6.31. The fourth-order valence-electron chi connectivity index (χ4n) is 2.69. The van der Waals surface area contributed by atoms with Gasteiger partial charge in [-0.25, -0.2) is 9.37 Å². The van der Waals surface area contributed by atoms with Gasteiger partial charge in [0.15, 0.2) is 0 Å². The Labute approximate surface area is 163 Å². The second kappa shape index (κ2) is 9.50. The number of anilines is 2. The van der Waals surface area contributed by atoms with Gasteiger partial charge in [0.2, 0.25) is 5.91 Å². The highest BCUT2D eigenvalue weighted by molar-refractivity contribution is 5.91. The van der Waals surface area contributed by atoms with Crippen LogP contribution < -0.4 is 15.4 Å². The average molecular weight is 379 g/mol. The van der Waals surface area contributed by atoms with Crippen LogP contribution in [0.3, 0.4) is 0 Å². The zero-order valence-corrected chi connectivity index (χ0v) is 15.6. The van der Waals surface area contributed by atoms with Gasteiger partial charge in [-0.2, -0.15) is 0 Å². The fraction of sp³-hybridized carbons (Fsp3) is 0.182. The summed E-state index contributed by atoms with van der Waals surface area (Å²) >= 11 is 0. The Balaban J connectivity index is 1.44. The smallest absolute Gasteiger partial charge is 0.229 e. The minimum atomic E-state index is -0.319. The first-order valence-electron chi connectivity index (χ1n) is 8.99. The SMILES string of the molecule is COc1ccc(CCNc2ccc(NC(=O)Cc3ccc(F)cc3)nc2)cc1. The van der Waals surface area contributed by atoms with Crippen LogP contribution >= 0.6 is 0 Å². The minimum Gasteiger partial charge on any atom is -0.497 e. The molecule has 0 saturated heterocycles. The van der Waals surface area contributed by atoms with Crippen LogP contribution in [0.15, 0.2) is 66.9 Å². The molecule has 1 heterocycles. The standard InChI is InChI=1S/C22H22FN3O2/c1-28-20-9-4-16(5-10-20)12-13-24-19-8-11-21(25-15-19)26-22(27)14-17-2-6-18(23)7-3-17/h2-11,15,24H,12-14H2,1H3,(H,25,26,27). The van der Waals surface area contributed by atoms with Crippen molar-refractivity contribution in [3.05, 3.63) is 83.8 Å². The maximum Gasteiger partial charge on any atom is 0.229 e. The van der Waals surface area contributed by atoms with Crippen LogP contribution in [0.5, 0.6) is 5.75 Å². The molecule has 0 unspecified atom stereocenters. The van der Waals surface area contributed by atoms with Crippen molar-refractivity contribution in [1.29, 1.82) is 0 Å². The van der Waals surface area contributed by atoms with Crippen molar-refractivity contribution < 1.29 is 13.9 Å². The summed E-state index contributed by atoms with van der Waals surface area (Å²) in [6.45, 7) is 0.768. The molecule has 0 aliphatic rings. The summed E-state index contributed by atoms with van der Waals surface area (Å²) in [4.78, 5) is 16.3. The average Bonchev–Trinajstić information content (AvgIpc) is 2.71. The van der Waals surface area contributed by atoms with E-state index in [4.69, 9.17) is 4.74 Å². The van der Waals surface area contributed by atoms with E-state index in [1.165, 1.54) is 17.7 Å². The number of nitrogens with zero attached hydrogens (tertiary/aromatic N) is 1. The number of rotatable bonds is 8. The number of nitrogens with one attached hydrogen (secondary N) is 2. The molecule has 5 nitrogen and oxygen atoms in total. The molecule has 2 aromatic carbocycles. The lowest BCUT2D eigenvalue weighted by atomic mass is 10.1. The zero-order valence-electron chi connectivity index (χ0n) is 15.6.